The van der Waals surface area contributed by atoms with Gasteiger partial charge in [-0.1, -0.05) is 26.0 Å². The van der Waals surface area contributed by atoms with Gasteiger partial charge in [0.25, 0.3) is 0 Å². The number of hydrogen-bond donors (Lipinski definition) is 2. The van der Waals surface area contributed by atoms with Gasteiger partial charge in [0.2, 0.25) is 0 Å². The predicted octanol–water partition coefficient (Wildman–Crippen LogP) is 2.72. The van der Waals surface area contributed by atoms with Gasteiger partial charge in [-0.15, -0.1) is 0 Å². The predicted molar refractivity (Wildman–Crippen MR) is 141 cm³/mol. The number of carbonyl (C=O) groups is 2. The first-order valence-electron chi connectivity index (χ1n) is 12.7. The first-order chi connectivity index (χ1) is 17.9. The Kier molecular flexibility index (Phi) is 15.2. The molecule has 0 aromatic heterocycles. The molecule has 2 N–H and O–H groups in total. The second-order valence-electron chi connectivity index (χ2n) is 10.1. The lowest BCUT2D eigenvalue weighted by molar-refractivity contribution is -0.145. The molecule has 0 heterocycles. The van der Waals surface area contributed by atoms with Crippen molar-refractivity contribution in [1.82, 2.24) is 4.90 Å². The first kappa shape index (κ1) is 33.6. The van der Waals surface area contributed by atoms with Crippen LogP contribution in [-0.2, 0) is 33.9 Å². The quantitative estimate of drug-likeness (QED) is 0.251. The van der Waals surface area contributed by atoms with Crippen molar-refractivity contribution >= 4 is 12.1 Å². The Morgan fingerprint density at radius 3 is 1.66 bits per heavy atom. The Morgan fingerprint density at radius 1 is 0.789 bits per heavy atom. The van der Waals surface area contributed by atoms with Crippen LogP contribution in [0.1, 0.15) is 40.2 Å². The number of aliphatic hydroxyl groups excluding tert-OH is 1. The Morgan fingerprint density at radius 2 is 1.24 bits per heavy atom. The van der Waals surface area contributed by atoms with Crippen LogP contribution in [0.4, 0.5) is 4.79 Å². The minimum Gasteiger partial charge on any atom is -0.491 e. The number of carboxylic acids is 1. The van der Waals surface area contributed by atoms with Gasteiger partial charge in [-0.25, -0.2) is 9.59 Å². The highest BCUT2D eigenvalue weighted by molar-refractivity contribution is 5.82. The highest BCUT2D eigenvalue weighted by Gasteiger charge is 2.42. The fourth-order valence-corrected chi connectivity index (χ4v) is 3.58. The van der Waals surface area contributed by atoms with Gasteiger partial charge >= 0.3 is 12.1 Å². The van der Waals surface area contributed by atoms with Gasteiger partial charge in [0.05, 0.1) is 59.5 Å². The highest BCUT2D eigenvalue weighted by Crippen LogP contribution is 2.32. The Balaban J connectivity index is 2.40. The van der Waals surface area contributed by atoms with E-state index in [1.165, 1.54) is 7.05 Å². The number of carbonyl (C=O) groups excluding carboxylic acids is 1. The van der Waals surface area contributed by atoms with Gasteiger partial charge < -0.3 is 38.6 Å². The van der Waals surface area contributed by atoms with E-state index < -0.39 is 29.1 Å². The van der Waals surface area contributed by atoms with E-state index in [9.17, 15) is 14.7 Å². The lowest BCUT2D eigenvalue weighted by Crippen LogP contribution is -2.54. The van der Waals surface area contributed by atoms with Crippen LogP contribution in [0.25, 0.3) is 0 Å². The molecule has 0 saturated heterocycles. The minimum atomic E-state index is -1.14. The van der Waals surface area contributed by atoms with Crippen molar-refractivity contribution in [3.63, 3.8) is 0 Å². The number of hydrogen-bond acceptors (Lipinski definition) is 9. The maximum absolute atomic E-state index is 12.5. The molecule has 0 aliphatic carbocycles. The molecule has 0 spiro atoms. The number of nitrogens with zero attached hydrogens (tertiary/aromatic N) is 1. The van der Waals surface area contributed by atoms with Crippen molar-refractivity contribution in [2.75, 3.05) is 73.1 Å². The van der Waals surface area contributed by atoms with Crippen LogP contribution in [0.5, 0.6) is 5.75 Å². The number of benzene rings is 1. The molecule has 0 fully saturated rings. The Bertz CT molecular complexity index is 807. The number of amides is 1. The summed E-state index contributed by atoms with van der Waals surface area (Å²) < 4.78 is 32.4. The van der Waals surface area contributed by atoms with E-state index in [1.807, 2.05) is 0 Å². The number of carboxylic acid groups (broad SMARTS) is 1. The molecule has 1 aromatic carbocycles. The standard InChI is InChI=1S/C27H45NO10/c1-26(2,3)38-25(32)28(6)23(24(30)31)27(4,5)21-7-9-22(10-8-21)37-20-19-36-18-17-35-16-15-34-14-13-33-12-11-29/h7-10,23,29H,11-20H2,1-6H3,(H,30,31). The van der Waals surface area contributed by atoms with Crippen molar-refractivity contribution in [2.45, 2.75) is 51.7 Å². The molecule has 1 rings (SSSR count). The molecule has 1 aromatic rings. The van der Waals surface area contributed by atoms with E-state index in [4.69, 9.17) is 33.5 Å². The van der Waals surface area contributed by atoms with E-state index in [-0.39, 0.29) is 6.61 Å². The van der Waals surface area contributed by atoms with Crippen LogP contribution in [0.2, 0.25) is 0 Å². The maximum atomic E-state index is 12.5. The second kappa shape index (κ2) is 17.2. The number of aliphatic hydroxyl groups is 1. The van der Waals surface area contributed by atoms with E-state index in [2.05, 4.69) is 0 Å². The van der Waals surface area contributed by atoms with Crippen molar-refractivity contribution < 1.29 is 48.2 Å². The van der Waals surface area contributed by atoms with Crippen LogP contribution in [-0.4, -0.2) is 112 Å². The summed E-state index contributed by atoms with van der Waals surface area (Å²) in [4.78, 5) is 25.8. The van der Waals surface area contributed by atoms with Gasteiger partial charge in [-0.2, -0.15) is 0 Å². The van der Waals surface area contributed by atoms with Gasteiger partial charge in [-0.3, -0.25) is 4.90 Å². The first-order valence-corrected chi connectivity index (χ1v) is 12.7. The van der Waals surface area contributed by atoms with Crippen molar-refractivity contribution in [3.05, 3.63) is 29.8 Å². The van der Waals surface area contributed by atoms with Crippen LogP contribution in [0, 0.1) is 0 Å². The van der Waals surface area contributed by atoms with Gasteiger partial charge in [-0.05, 0) is 38.5 Å². The summed E-state index contributed by atoms with van der Waals surface area (Å²) in [5.74, 6) is -0.502. The summed E-state index contributed by atoms with van der Waals surface area (Å²) in [6.07, 6.45) is -0.697. The van der Waals surface area contributed by atoms with E-state index >= 15 is 0 Å². The van der Waals surface area contributed by atoms with Crippen molar-refractivity contribution in [2.24, 2.45) is 0 Å². The van der Waals surface area contributed by atoms with Crippen LogP contribution in [0.3, 0.4) is 0 Å². The highest BCUT2D eigenvalue weighted by atomic mass is 16.6. The third kappa shape index (κ3) is 12.9. The van der Waals surface area contributed by atoms with Gasteiger partial charge in [0.15, 0.2) is 0 Å². The molecule has 0 radical (unpaired) electrons. The average Bonchev–Trinajstić information content (AvgIpc) is 2.83. The lowest BCUT2D eigenvalue weighted by Gasteiger charge is -2.38. The number of ether oxygens (including phenoxy) is 6. The maximum Gasteiger partial charge on any atom is 0.410 e. The van der Waals surface area contributed by atoms with Crippen LogP contribution in [0.15, 0.2) is 24.3 Å². The van der Waals surface area contributed by atoms with Crippen molar-refractivity contribution in [1.29, 1.82) is 0 Å². The molecule has 0 saturated carbocycles. The fourth-order valence-electron chi connectivity index (χ4n) is 3.58. The third-order valence-electron chi connectivity index (χ3n) is 5.43. The summed E-state index contributed by atoms with van der Waals surface area (Å²) in [5.41, 5.74) is -0.902. The second-order valence-corrected chi connectivity index (χ2v) is 10.1. The van der Waals surface area contributed by atoms with E-state index in [1.54, 1.807) is 58.9 Å². The lowest BCUT2D eigenvalue weighted by atomic mass is 9.77. The van der Waals surface area contributed by atoms with Crippen molar-refractivity contribution in [3.8, 4) is 5.75 Å². The molecule has 218 valence electrons. The Hall–Kier alpha value is -2.44. The van der Waals surface area contributed by atoms with Gasteiger partial charge in [0.1, 0.15) is 24.0 Å². The zero-order valence-electron chi connectivity index (χ0n) is 23.6. The molecule has 38 heavy (non-hydrogen) atoms. The molecular weight excluding hydrogens is 498 g/mol. The summed E-state index contributed by atoms with van der Waals surface area (Å²) in [6, 6.07) is 5.98. The fraction of sp³-hybridized carbons (Fsp3) is 0.704. The Labute approximate surface area is 225 Å². The molecule has 11 nitrogen and oxygen atoms in total. The summed E-state index contributed by atoms with van der Waals surface area (Å²) in [5, 5.41) is 18.5. The van der Waals surface area contributed by atoms with Crippen LogP contribution < -0.4 is 4.74 Å². The molecule has 1 amide bonds. The summed E-state index contributed by atoms with van der Waals surface area (Å²) >= 11 is 0. The monoisotopic (exact) mass is 543 g/mol. The molecule has 1 atom stereocenters. The largest absolute Gasteiger partial charge is 0.491 e. The number of likely N-dealkylation sites (N-methyl/N-ethyl adjacent to an activating group) is 1. The third-order valence-corrected chi connectivity index (χ3v) is 5.43. The number of aliphatic carboxylic acids is 1. The normalized spacial score (nSPS) is 12.7. The summed E-state index contributed by atoms with van der Waals surface area (Å²) in [6.45, 7) is 12.5. The molecular formula is C27H45NO10. The van der Waals surface area contributed by atoms with E-state index in [0.29, 0.717) is 65.2 Å². The summed E-state index contributed by atoms with van der Waals surface area (Å²) in [7, 11) is 1.43. The smallest absolute Gasteiger partial charge is 0.410 e. The molecule has 11 heteroatoms. The zero-order chi connectivity index (χ0) is 28.6. The average molecular weight is 544 g/mol. The topological polar surface area (TPSA) is 133 Å². The molecule has 0 aliphatic rings. The van der Waals surface area contributed by atoms with Gasteiger partial charge in [0, 0.05) is 12.5 Å². The van der Waals surface area contributed by atoms with E-state index in [0.717, 1.165) is 10.5 Å². The molecule has 1 unspecified atom stereocenters. The molecule has 0 aliphatic heterocycles. The molecule has 0 bridgehead atoms. The SMILES string of the molecule is CN(C(=O)OC(C)(C)C)C(C(=O)O)C(C)(C)c1ccc(OCCOCCOCCOCCOCCO)cc1. The zero-order valence-corrected chi connectivity index (χ0v) is 23.6. The van der Waals surface area contributed by atoms with Crippen LogP contribution >= 0.6 is 0 Å². The number of rotatable bonds is 19. The minimum absolute atomic E-state index is 0.00445.